The van der Waals surface area contributed by atoms with Gasteiger partial charge in [0, 0.05) is 50.2 Å². The minimum atomic E-state index is -0.625. The number of likely N-dealkylation sites (tertiary alicyclic amines) is 2. The van der Waals surface area contributed by atoms with E-state index in [2.05, 4.69) is 15.5 Å². The zero-order valence-electron chi connectivity index (χ0n) is 30.3. The van der Waals surface area contributed by atoms with Gasteiger partial charge in [0.05, 0.1) is 6.61 Å². The molecule has 12 nitrogen and oxygen atoms in total. The summed E-state index contributed by atoms with van der Waals surface area (Å²) in [4.78, 5) is 57.1. The normalized spacial score (nSPS) is 21.0. The first kappa shape index (κ1) is 37.1. The number of nitrogens with zero attached hydrogens (tertiary/aromatic N) is 3. The van der Waals surface area contributed by atoms with Crippen molar-refractivity contribution in [1.82, 2.24) is 14.7 Å². The van der Waals surface area contributed by atoms with E-state index in [1.807, 2.05) is 90.1 Å². The Morgan fingerprint density at radius 1 is 0.700 bits per heavy atom. The largest absolute Gasteiger partial charge is 0.444 e. The fourth-order valence-corrected chi connectivity index (χ4v) is 6.59. The van der Waals surface area contributed by atoms with Crippen LogP contribution in [-0.2, 0) is 36.9 Å². The SMILES string of the molecule is CC(C)(C)OC(=O)N1CCCC1C(=O)Nc1ccc(CN(Cc2ccc(NC(=O)C3CCCN3C(=O)OC(C)(C)C)cc2)C2CCOC2)cc1. The third-order valence-corrected chi connectivity index (χ3v) is 9.00. The lowest BCUT2D eigenvalue weighted by atomic mass is 10.1. The molecule has 2 aromatic rings. The number of hydrogen-bond acceptors (Lipinski definition) is 8. The Kier molecular flexibility index (Phi) is 11.7. The average molecular weight is 692 g/mol. The Morgan fingerprint density at radius 2 is 1.12 bits per heavy atom. The van der Waals surface area contributed by atoms with Crippen LogP contribution < -0.4 is 10.6 Å². The Balaban J connectivity index is 1.16. The van der Waals surface area contributed by atoms with Crippen LogP contribution in [0.25, 0.3) is 0 Å². The summed E-state index contributed by atoms with van der Waals surface area (Å²) in [5.41, 5.74) is 2.30. The quantitative estimate of drug-likeness (QED) is 0.320. The van der Waals surface area contributed by atoms with Gasteiger partial charge >= 0.3 is 12.2 Å². The fraction of sp³-hybridized carbons (Fsp3) is 0.579. The molecule has 3 unspecified atom stereocenters. The zero-order valence-corrected chi connectivity index (χ0v) is 30.3. The molecule has 3 atom stereocenters. The van der Waals surface area contributed by atoms with Crippen LogP contribution in [-0.4, -0.2) is 94.3 Å². The van der Waals surface area contributed by atoms with E-state index in [9.17, 15) is 19.2 Å². The minimum Gasteiger partial charge on any atom is -0.444 e. The number of amides is 4. The van der Waals surface area contributed by atoms with E-state index in [4.69, 9.17) is 14.2 Å². The molecule has 5 rings (SSSR count). The Bertz CT molecular complexity index is 1390. The number of benzene rings is 2. The second-order valence-electron chi connectivity index (χ2n) is 15.5. The number of anilines is 2. The molecule has 50 heavy (non-hydrogen) atoms. The molecule has 3 fully saturated rings. The molecule has 12 heteroatoms. The first-order valence-electron chi connectivity index (χ1n) is 17.8. The number of hydrogen-bond donors (Lipinski definition) is 2. The third kappa shape index (κ3) is 10.2. The van der Waals surface area contributed by atoms with Crippen molar-refractivity contribution < 1.29 is 33.4 Å². The molecule has 0 aromatic heterocycles. The van der Waals surface area contributed by atoms with Gasteiger partial charge in [-0.1, -0.05) is 24.3 Å². The van der Waals surface area contributed by atoms with Gasteiger partial charge in [0.2, 0.25) is 11.8 Å². The highest BCUT2D eigenvalue weighted by molar-refractivity contribution is 5.97. The van der Waals surface area contributed by atoms with Crippen LogP contribution in [0.2, 0.25) is 0 Å². The monoisotopic (exact) mass is 691 g/mol. The fourth-order valence-electron chi connectivity index (χ4n) is 6.59. The number of carbonyl (C=O) groups is 4. The Hall–Kier alpha value is -4.16. The first-order chi connectivity index (χ1) is 23.6. The van der Waals surface area contributed by atoms with E-state index in [0.29, 0.717) is 57.0 Å². The van der Waals surface area contributed by atoms with Crippen LogP contribution in [0.4, 0.5) is 21.0 Å². The molecule has 2 N–H and O–H groups in total. The van der Waals surface area contributed by atoms with E-state index >= 15 is 0 Å². The van der Waals surface area contributed by atoms with E-state index in [-0.39, 0.29) is 17.9 Å². The molecule has 0 bridgehead atoms. The van der Waals surface area contributed by atoms with Crippen LogP contribution in [0.3, 0.4) is 0 Å². The molecular formula is C38H53N5O7. The number of ether oxygens (including phenoxy) is 3. The summed E-state index contributed by atoms with van der Waals surface area (Å²) < 4.78 is 16.8. The van der Waals surface area contributed by atoms with Crippen LogP contribution in [0, 0.1) is 0 Å². The van der Waals surface area contributed by atoms with E-state index in [0.717, 1.165) is 37.0 Å². The summed E-state index contributed by atoms with van der Waals surface area (Å²) in [6, 6.07) is 14.8. The smallest absolute Gasteiger partial charge is 0.410 e. The predicted molar refractivity (Wildman–Crippen MR) is 191 cm³/mol. The van der Waals surface area contributed by atoms with Gasteiger partial charge in [-0.15, -0.1) is 0 Å². The summed E-state index contributed by atoms with van der Waals surface area (Å²) in [6.45, 7) is 14.7. The van der Waals surface area contributed by atoms with Crippen LogP contribution in [0.15, 0.2) is 48.5 Å². The Morgan fingerprint density at radius 3 is 1.48 bits per heavy atom. The first-order valence-corrected chi connectivity index (χ1v) is 17.8. The molecule has 0 saturated carbocycles. The van der Waals surface area contributed by atoms with Gasteiger partial charge in [-0.3, -0.25) is 24.3 Å². The maximum absolute atomic E-state index is 13.1. The Labute approximate surface area is 295 Å². The minimum absolute atomic E-state index is 0.214. The second kappa shape index (κ2) is 15.8. The summed E-state index contributed by atoms with van der Waals surface area (Å²) in [7, 11) is 0. The molecule has 272 valence electrons. The molecule has 0 aliphatic carbocycles. The lowest BCUT2D eigenvalue weighted by Gasteiger charge is -2.29. The number of rotatable bonds is 9. The lowest BCUT2D eigenvalue weighted by molar-refractivity contribution is -0.121. The van der Waals surface area contributed by atoms with Crippen molar-refractivity contribution in [1.29, 1.82) is 0 Å². The predicted octanol–water partition coefficient (Wildman–Crippen LogP) is 6.15. The van der Waals surface area contributed by atoms with E-state index < -0.39 is 35.5 Å². The summed E-state index contributed by atoms with van der Waals surface area (Å²) in [6.07, 6.45) is 2.72. The molecule has 2 aromatic carbocycles. The van der Waals surface area contributed by atoms with Gasteiger partial charge in [-0.2, -0.15) is 0 Å². The van der Waals surface area contributed by atoms with E-state index in [1.54, 1.807) is 0 Å². The third-order valence-electron chi connectivity index (χ3n) is 9.00. The molecular weight excluding hydrogens is 638 g/mol. The highest BCUT2D eigenvalue weighted by Gasteiger charge is 2.38. The van der Waals surface area contributed by atoms with Crippen LogP contribution in [0.1, 0.15) is 84.8 Å². The molecule has 0 spiro atoms. The van der Waals surface area contributed by atoms with Crippen molar-refractivity contribution in [2.45, 2.75) is 116 Å². The highest BCUT2D eigenvalue weighted by Crippen LogP contribution is 2.26. The van der Waals surface area contributed by atoms with Crippen molar-refractivity contribution in [3.05, 3.63) is 59.7 Å². The topological polar surface area (TPSA) is 130 Å². The average Bonchev–Trinajstić information content (AvgIpc) is 3.83. The molecule has 3 heterocycles. The van der Waals surface area contributed by atoms with Gasteiger partial charge in [0.1, 0.15) is 23.3 Å². The zero-order chi connectivity index (χ0) is 36.1. The summed E-state index contributed by atoms with van der Waals surface area (Å²) in [5.74, 6) is -0.428. The van der Waals surface area contributed by atoms with E-state index in [1.165, 1.54) is 9.80 Å². The van der Waals surface area contributed by atoms with Crippen molar-refractivity contribution in [3.8, 4) is 0 Å². The highest BCUT2D eigenvalue weighted by atomic mass is 16.6. The molecule has 0 radical (unpaired) electrons. The van der Waals surface area contributed by atoms with Gasteiger partial charge in [-0.05, 0) is 109 Å². The summed E-state index contributed by atoms with van der Waals surface area (Å²) >= 11 is 0. The van der Waals surface area contributed by atoms with Crippen molar-refractivity contribution >= 4 is 35.4 Å². The van der Waals surface area contributed by atoms with Gasteiger partial charge in [0.15, 0.2) is 0 Å². The maximum atomic E-state index is 13.1. The summed E-state index contributed by atoms with van der Waals surface area (Å²) in [5, 5.41) is 5.97. The van der Waals surface area contributed by atoms with Crippen molar-refractivity contribution in [3.63, 3.8) is 0 Å². The number of carbonyl (C=O) groups excluding carboxylic acids is 4. The second-order valence-corrected chi connectivity index (χ2v) is 15.5. The molecule has 3 aliphatic heterocycles. The van der Waals surface area contributed by atoms with Gasteiger partial charge in [-0.25, -0.2) is 9.59 Å². The maximum Gasteiger partial charge on any atom is 0.410 e. The van der Waals surface area contributed by atoms with Crippen LogP contribution in [0.5, 0.6) is 0 Å². The molecule has 3 aliphatic rings. The van der Waals surface area contributed by atoms with Crippen molar-refractivity contribution in [2.75, 3.05) is 36.9 Å². The standard InChI is InChI=1S/C38H53N5O7/c1-37(2,3)49-35(46)42-20-7-9-31(42)33(44)39-28-15-11-26(12-16-28)23-41(30-19-22-48-25-30)24-27-13-17-29(18-14-27)40-34(45)32-10-8-21-43(32)36(47)50-38(4,5)6/h11-18,30-32H,7-10,19-25H2,1-6H3,(H,39,44)(H,40,45). The lowest BCUT2D eigenvalue weighted by Crippen LogP contribution is -2.45. The van der Waals surface area contributed by atoms with Crippen molar-refractivity contribution in [2.24, 2.45) is 0 Å². The van der Waals surface area contributed by atoms with Gasteiger partial charge in [0.25, 0.3) is 0 Å². The van der Waals surface area contributed by atoms with Crippen LogP contribution >= 0.6 is 0 Å². The molecule has 3 saturated heterocycles. The number of nitrogens with one attached hydrogen (secondary N) is 2. The van der Waals surface area contributed by atoms with Gasteiger partial charge < -0.3 is 24.8 Å². The molecule has 4 amide bonds.